The molecule has 5 rings (SSSR count). The van der Waals surface area contributed by atoms with Gasteiger partial charge >= 0.3 is 5.97 Å². The summed E-state index contributed by atoms with van der Waals surface area (Å²) in [5.41, 5.74) is 1.84. The number of imide groups is 1. The summed E-state index contributed by atoms with van der Waals surface area (Å²) in [5.74, 6) is -6.61. The van der Waals surface area contributed by atoms with Gasteiger partial charge in [-0.15, -0.1) is 0 Å². The molecular weight excluding hydrogens is 469 g/mol. The highest BCUT2D eigenvalue weighted by Crippen LogP contribution is 2.55. The van der Waals surface area contributed by atoms with Crippen LogP contribution in [0.1, 0.15) is 44.1 Å². The Kier molecular flexibility index (Phi) is 5.73. The molecule has 4 atom stereocenters. The minimum absolute atomic E-state index is 0.00116. The molecule has 1 aliphatic heterocycles. The number of allylic oxidation sites excluding steroid dienone is 6. The van der Waals surface area contributed by atoms with Gasteiger partial charge in [-0.25, -0.2) is 4.39 Å². The van der Waals surface area contributed by atoms with Crippen LogP contribution < -0.4 is 0 Å². The summed E-state index contributed by atoms with van der Waals surface area (Å²) in [6.07, 6.45) is 3.40. The number of rotatable bonds is 5. The standard InChI is InChI=1S/C27H24FNO7/c1-12-9-20(31)24-17(25(12)34)11-16-14(22(24)13-4-7-19(30)18(28)10-13)5-6-15-23(16)27(36)29(26(15)35)8-2-3-21(32)33/h4-5,7,9-10,15-16,22-23,30H,2-3,6,8,11H2,1H3,(H,32,33)/t15-,16+,22-,23-/m0/s1. The van der Waals surface area contributed by atoms with Crippen molar-refractivity contribution in [1.82, 2.24) is 4.90 Å². The second-order valence-corrected chi connectivity index (χ2v) is 9.76. The lowest BCUT2D eigenvalue weighted by Gasteiger charge is -2.42. The van der Waals surface area contributed by atoms with E-state index in [0.717, 1.165) is 11.0 Å². The highest BCUT2D eigenvalue weighted by atomic mass is 19.1. The smallest absolute Gasteiger partial charge is 0.303 e. The number of Topliss-reactive ketones (excluding diaryl/α,β-unsaturated/α-hetero) is 1. The Labute approximate surface area is 205 Å². The number of nitrogens with zero attached hydrogens (tertiary/aromatic N) is 1. The molecule has 0 saturated carbocycles. The quantitative estimate of drug-likeness (QED) is 0.367. The molecule has 36 heavy (non-hydrogen) atoms. The van der Waals surface area contributed by atoms with Crippen LogP contribution in [0.2, 0.25) is 0 Å². The van der Waals surface area contributed by atoms with Crippen molar-refractivity contribution in [3.63, 3.8) is 0 Å². The van der Waals surface area contributed by atoms with Crippen LogP contribution in [-0.4, -0.2) is 51.0 Å². The van der Waals surface area contributed by atoms with Gasteiger partial charge in [-0.2, -0.15) is 0 Å². The SMILES string of the molecule is CC1=CC(=O)C2=C(C[C@@H]3C(=CC[C@@H]4C(=O)N(CCCC(=O)O)C(=O)[C@@H]43)[C@@H]2c2ccc(O)c(F)c2)C1=O. The highest BCUT2D eigenvalue weighted by molar-refractivity contribution is 6.23. The maximum atomic E-state index is 14.4. The number of halogens is 1. The minimum atomic E-state index is -1.02. The second kappa shape index (κ2) is 8.65. The van der Waals surface area contributed by atoms with Crippen LogP contribution >= 0.6 is 0 Å². The number of fused-ring (bicyclic) bond motifs is 3. The summed E-state index contributed by atoms with van der Waals surface area (Å²) >= 11 is 0. The number of ketones is 2. The zero-order valence-corrected chi connectivity index (χ0v) is 19.5. The van der Waals surface area contributed by atoms with Gasteiger partial charge < -0.3 is 10.2 Å². The maximum Gasteiger partial charge on any atom is 0.303 e. The summed E-state index contributed by atoms with van der Waals surface area (Å²) in [5, 5.41) is 18.6. The third kappa shape index (κ3) is 3.61. The van der Waals surface area contributed by atoms with E-state index in [1.165, 1.54) is 18.2 Å². The summed E-state index contributed by atoms with van der Waals surface area (Å²) < 4.78 is 14.4. The third-order valence-electron chi connectivity index (χ3n) is 7.73. The second-order valence-electron chi connectivity index (χ2n) is 9.76. The normalized spacial score (nSPS) is 27.4. The molecule has 0 aromatic heterocycles. The molecule has 0 radical (unpaired) electrons. The molecule has 186 valence electrons. The van der Waals surface area contributed by atoms with Gasteiger partial charge in [0.15, 0.2) is 23.1 Å². The van der Waals surface area contributed by atoms with Crippen LogP contribution in [0.4, 0.5) is 4.39 Å². The molecule has 8 nitrogen and oxygen atoms in total. The van der Waals surface area contributed by atoms with Gasteiger partial charge in [0, 0.05) is 35.6 Å². The molecule has 4 aliphatic rings. The lowest BCUT2D eigenvalue weighted by atomic mass is 9.59. The molecule has 0 unspecified atom stereocenters. The predicted molar refractivity (Wildman–Crippen MR) is 123 cm³/mol. The van der Waals surface area contributed by atoms with Crippen molar-refractivity contribution >= 4 is 29.4 Å². The van der Waals surface area contributed by atoms with E-state index in [1.807, 2.05) is 6.08 Å². The van der Waals surface area contributed by atoms with E-state index in [1.54, 1.807) is 6.92 Å². The van der Waals surface area contributed by atoms with Gasteiger partial charge in [-0.1, -0.05) is 17.7 Å². The Morgan fingerprint density at radius 1 is 1.14 bits per heavy atom. The summed E-state index contributed by atoms with van der Waals surface area (Å²) in [6.45, 7) is 1.54. The fourth-order valence-corrected chi connectivity index (χ4v) is 6.14. The number of phenolic OH excluding ortho intramolecular Hbond substituents is 1. The van der Waals surface area contributed by atoms with E-state index in [4.69, 9.17) is 5.11 Å². The Hall–Kier alpha value is -3.88. The van der Waals surface area contributed by atoms with Crippen LogP contribution in [0.15, 0.2) is 52.6 Å². The number of aliphatic carboxylic acids is 1. The molecule has 1 aromatic rings. The first-order valence-electron chi connectivity index (χ1n) is 11.9. The predicted octanol–water partition coefficient (Wildman–Crippen LogP) is 2.83. The summed E-state index contributed by atoms with van der Waals surface area (Å²) in [4.78, 5) is 64.8. The zero-order chi connectivity index (χ0) is 25.9. The molecule has 9 heteroatoms. The van der Waals surface area contributed by atoms with Crippen LogP contribution in [0.5, 0.6) is 5.75 Å². The third-order valence-corrected chi connectivity index (χ3v) is 7.73. The topological polar surface area (TPSA) is 129 Å². The first-order chi connectivity index (χ1) is 17.1. The molecule has 0 bridgehead atoms. The maximum absolute atomic E-state index is 14.4. The van der Waals surface area contributed by atoms with Crippen LogP contribution in [0.3, 0.4) is 0 Å². The molecule has 3 aliphatic carbocycles. The Balaban J connectivity index is 1.58. The number of aromatic hydroxyl groups is 1. The summed E-state index contributed by atoms with van der Waals surface area (Å²) in [6, 6.07) is 3.81. The van der Waals surface area contributed by atoms with Crippen molar-refractivity contribution < 1.29 is 38.6 Å². The monoisotopic (exact) mass is 493 g/mol. The van der Waals surface area contributed by atoms with Crippen molar-refractivity contribution in [1.29, 1.82) is 0 Å². The molecule has 1 fully saturated rings. The van der Waals surface area contributed by atoms with Crippen molar-refractivity contribution in [2.45, 2.75) is 38.5 Å². The molecule has 1 aromatic carbocycles. The average molecular weight is 493 g/mol. The molecule has 1 heterocycles. The van der Waals surface area contributed by atoms with Crippen molar-refractivity contribution in [3.05, 3.63) is 64.0 Å². The average Bonchev–Trinajstić information content (AvgIpc) is 3.08. The first kappa shape index (κ1) is 23.8. The van der Waals surface area contributed by atoms with E-state index in [2.05, 4.69) is 0 Å². The molecule has 1 saturated heterocycles. The van der Waals surface area contributed by atoms with Crippen molar-refractivity contribution in [2.24, 2.45) is 17.8 Å². The molecule has 2 amide bonds. The Bertz CT molecular complexity index is 1340. The lowest BCUT2D eigenvalue weighted by Crippen LogP contribution is -2.39. The largest absolute Gasteiger partial charge is 0.505 e. The van der Waals surface area contributed by atoms with E-state index >= 15 is 0 Å². The number of amides is 2. The molecular formula is C27H24FNO7. The van der Waals surface area contributed by atoms with Gasteiger partial charge in [0.2, 0.25) is 11.8 Å². The van der Waals surface area contributed by atoms with Crippen molar-refractivity contribution in [2.75, 3.05) is 6.54 Å². The van der Waals surface area contributed by atoms with E-state index in [9.17, 15) is 33.5 Å². The van der Waals surface area contributed by atoms with E-state index in [-0.39, 0.29) is 66.4 Å². The fraction of sp³-hybridized carbons (Fsp3) is 0.370. The van der Waals surface area contributed by atoms with Gasteiger partial charge in [0.05, 0.1) is 11.8 Å². The van der Waals surface area contributed by atoms with Crippen LogP contribution in [0.25, 0.3) is 0 Å². The van der Waals surface area contributed by atoms with Gasteiger partial charge in [-0.3, -0.25) is 28.9 Å². The number of hydrogen-bond acceptors (Lipinski definition) is 6. The summed E-state index contributed by atoms with van der Waals surface area (Å²) in [7, 11) is 0. The number of likely N-dealkylation sites (tertiary alicyclic amines) is 1. The number of carboxylic acids is 1. The van der Waals surface area contributed by atoms with Gasteiger partial charge in [0.25, 0.3) is 0 Å². The van der Waals surface area contributed by atoms with Gasteiger partial charge in [-0.05, 0) is 55.9 Å². The Morgan fingerprint density at radius 3 is 2.58 bits per heavy atom. The molecule has 2 N–H and O–H groups in total. The Morgan fingerprint density at radius 2 is 1.89 bits per heavy atom. The highest BCUT2D eigenvalue weighted by Gasteiger charge is 2.56. The van der Waals surface area contributed by atoms with Crippen LogP contribution in [-0.2, 0) is 24.0 Å². The van der Waals surface area contributed by atoms with Crippen molar-refractivity contribution in [3.8, 4) is 5.75 Å². The number of carboxylic acid groups (broad SMARTS) is 1. The minimum Gasteiger partial charge on any atom is -0.505 e. The first-order valence-corrected chi connectivity index (χ1v) is 11.9. The number of phenols is 1. The fourth-order valence-electron chi connectivity index (χ4n) is 6.14. The number of hydrogen-bond donors (Lipinski definition) is 2. The van der Waals surface area contributed by atoms with E-state index in [0.29, 0.717) is 11.1 Å². The van der Waals surface area contributed by atoms with E-state index < -0.39 is 47.1 Å². The zero-order valence-electron chi connectivity index (χ0n) is 19.5. The van der Waals surface area contributed by atoms with Gasteiger partial charge in [0.1, 0.15) is 0 Å². The number of benzene rings is 1. The number of carbonyl (C=O) groups is 5. The molecule has 0 spiro atoms. The number of carbonyl (C=O) groups excluding carboxylic acids is 4. The van der Waals surface area contributed by atoms with Crippen LogP contribution in [0, 0.1) is 23.6 Å². The lowest BCUT2D eigenvalue weighted by molar-refractivity contribution is -0.142.